The Labute approximate surface area is 216 Å². The lowest BCUT2D eigenvalue weighted by molar-refractivity contribution is 0.0942. The average molecular weight is 498 g/mol. The van der Waals surface area contributed by atoms with Gasteiger partial charge in [-0.25, -0.2) is 4.98 Å². The van der Waals surface area contributed by atoms with Crippen molar-refractivity contribution in [1.29, 1.82) is 0 Å². The third kappa shape index (κ3) is 5.13. The molecule has 184 valence electrons. The van der Waals surface area contributed by atoms with Crippen LogP contribution in [0.5, 0.6) is 0 Å². The van der Waals surface area contributed by atoms with Crippen LogP contribution < -0.4 is 5.32 Å². The fraction of sp³-hybridized carbons (Fsp3) is 0.345. The maximum atomic E-state index is 13.3. The quantitative estimate of drug-likeness (QED) is 0.358. The number of hydrogen-bond acceptors (Lipinski definition) is 5. The van der Waals surface area contributed by atoms with Crippen molar-refractivity contribution in [3.63, 3.8) is 0 Å². The Bertz CT molecular complexity index is 1260. The van der Waals surface area contributed by atoms with Gasteiger partial charge in [0, 0.05) is 61.4 Å². The molecule has 4 aromatic rings. The van der Waals surface area contributed by atoms with Crippen LogP contribution in [0, 0.1) is 5.92 Å². The molecule has 1 aliphatic carbocycles. The molecule has 2 aromatic heterocycles. The van der Waals surface area contributed by atoms with Crippen LogP contribution in [0.1, 0.15) is 56.6 Å². The topological polar surface area (TPSA) is 63.1 Å². The zero-order chi connectivity index (χ0) is 24.3. The SMILES string of the molecule is O=C(NCc1nccs1)c1nn(CC2CC2)c2c1CN(CC(c1ccccc1)c1ccccc1)CC2. The van der Waals surface area contributed by atoms with E-state index in [0.29, 0.717) is 18.2 Å². The Morgan fingerprint density at radius 3 is 2.42 bits per heavy atom. The van der Waals surface area contributed by atoms with E-state index < -0.39 is 0 Å². The number of fused-ring (bicyclic) bond motifs is 1. The molecule has 7 heteroatoms. The van der Waals surface area contributed by atoms with Gasteiger partial charge in [0.05, 0.1) is 6.54 Å². The lowest BCUT2D eigenvalue weighted by Gasteiger charge is -2.31. The maximum Gasteiger partial charge on any atom is 0.272 e. The summed E-state index contributed by atoms with van der Waals surface area (Å²) in [5.74, 6) is 0.886. The van der Waals surface area contributed by atoms with E-state index in [4.69, 9.17) is 5.10 Å². The van der Waals surface area contributed by atoms with Crippen LogP contribution in [0.15, 0.2) is 72.2 Å². The van der Waals surface area contributed by atoms with Crippen molar-refractivity contribution >= 4 is 17.2 Å². The van der Waals surface area contributed by atoms with Gasteiger partial charge in [-0.15, -0.1) is 11.3 Å². The summed E-state index contributed by atoms with van der Waals surface area (Å²) in [4.78, 5) is 20.1. The predicted molar refractivity (Wildman–Crippen MR) is 142 cm³/mol. The van der Waals surface area contributed by atoms with Crippen molar-refractivity contribution in [2.24, 2.45) is 5.92 Å². The molecule has 2 aliphatic rings. The minimum Gasteiger partial charge on any atom is -0.344 e. The van der Waals surface area contributed by atoms with E-state index in [2.05, 4.69) is 80.5 Å². The van der Waals surface area contributed by atoms with Crippen LogP contribution in [0.25, 0.3) is 0 Å². The highest BCUT2D eigenvalue weighted by molar-refractivity contribution is 7.09. The van der Waals surface area contributed by atoms with Crippen molar-refractivity contribution in [1.82, 2.24) is 25.0 Å². The second-order valence-electron chi connectivity index (χ2n) is 9.87. The number of aromatic nitrogens is 3. The summed E-state index contributed by atoms with van der Waals surface area (Å²) in [5, 5.41) is 10.8. The lowest BCUT2D eigenvalue weighted by Crippen LogP contribution is -2.35. The summed E-state index contributed by atoms with van der Waals surface area (Å²) in [7, 11) is 0. The molecule has 0 bridgehead atoms. The molecule has 36 heavy (non-hydrogen) atoms. The zero-order valence-electron chi connectivity index (χ0n) is 20.3. The summed E-state index contributed by atoms with van der Waals surface area (Å²) in [6.45, 7) is 3.99. The molecule has 3 heterocycles. The first-order chi connectivity index (χ1) is 17.7. The largest absolute Gasteiger partial charge is 0.344 e. The number of carbonyl (C=O) groups excluding carboxylic acids is 1. The molecule has 6 rings (SSSR count). The van der Waals surface area contributed by atoms with Crippen LogP contribution in [-0.2, 0) is 26.1 Å². The zero-order valence-corrected chi connectivity index (χ0v) is 21.2. The smallest absolute Gasteiger partial charge is 0.272 e. The van der Waals surface area contributed by atoms with E-state index in [1.54, 1.807) is 17.5 Å². The standard InChI is InChI=1S/C29H31N5OS/c35-29(31-17-27-30-14-16-36-27)28-25-20-33(15-13-26(25)34(32-28)18-21-11-12-21)19-24(22-7-3-1-4-8-22)23-9-5-2-6-10-23/h1-10,14,16,21,24H,11-13,15,17-20H2,(H,31,35). The van der Waals surface area contributed by atoms with Crippen LogP contribution in [-0.4, -0.2) is 38.7 Å². The lowest BCUT2D eigenvalue weighted by atomic mass is 9.90. The summed E-state index contributed by atoms with van der Waals surface area (Å²) >= 11 is 1.55. The van der Waals surface area contributed by atoms with Crippen molar-refractivity contribution in [2.75, 3.05) is 13.1 Å². The molecule has 1 N–H and O–H groups in total. The first kappa shape index (κ1) is 23.1. The molecule has 0 saturated heterocycles. The first-order valence-corrected chi connectivity index (χ1v) is 13.7. The number of nitrogens with one attached hydrogen (secondary N) is 1. The first-order valence-electron chi connectivity index (χ1n) is 12.8. The molecule has 1 amide bonds. The molecule has 1 fully saturated rings. The van der Waals surface area contributed by atoms with E-state index >= 15 is 0 Å². The van der Waals surface area contributed by atoms with Gasteiger partial charge in [0.1, 0.15) is 5.01 Å². The summed E-state index contributed by atoms with van der Waals surface area (Å²) < 4.78 is 2.13. The molecule has 0 atom stereocenters. The van der Waals surface area contributed by atoms with Gasteiger partial charge in [0.25, 0.3) is 5.91 Å². The molecule has 0 spiro atoms. The normalized spacial score (nSPS) is 15.7. The van der Waals surface area contributed by atoms with Crippen molar-refractivity contribution in [3.8, 4) is 0 Å². The molecule has 2 aromatic carbocycles. The average Bonchev–Trinajstić information content (AvgIpc) is 3.45. The Morgan fingerprint density at radius 2 is 1.78 bits per heavy atom. The summed E-state index contributed by atoms with van der Waals surface area (Å²) in [6, 6.07) is 21.5. The maximum absolute atomic E-state index is 13.3. The monoisotopic (exact) mass is 497 g/mol. The van der Waals surface area contributed by atoms with Crippen LogP contribution >= 0.6 is 11.3 Å². The minimum atomic E-state index is -0.0967. The third-order valence-corrected chi connectivity index (χ3v) is 8.06. The molecule has 0 unspecified atom stereocenters. The highest BCUT2D eigenvalue weighted by Crippen LogP contribution is 2.33. The van der Waals surface area contributed by atoms with Crippen molar-refractivity contribution in [3.05, 3.63) is 105 Å². The number of rotatable bonds is 9. The van der Waals surface area contributed by atoms with Crippen LogP contribution in [0.4, 0.5) is 0 Å². The van der Waals surface area contributed by atoms with Gasteiger partial charge in [-0.1, -0.05) is 60.7 Å². The summed E-state index contributed by atoms with van der Waals surface area (Å²) in [6.07, 6.45) is 5.22. The van der Waals surface area contributed by atoms with Gasteiger partial charge in [-0.2, -0.15) is 5.10 Å². The second-order valence-corrected chi connectivity index (χ2v) is 10.8. The Balaban J connectivity index is 1.25. The van der Waals surface area contributed by atoms with Crippen LogP contribution in [0.3, 0.4) is 0 Å². The Kier molecular flexibility index (Phi) is 6.66. The van der Waals surface area contributed by atoms with Gasteiger partial charge >= 0.3 is 0 Å². The molecule has 1 saturated carbocycles. The highest BCUT2D eigenvalue weighted by Gasteiger charge is 2.32. The molecule has 6 nitrogen and oxygen atoms in total. The van der Waals surface area contributed by atoms with E-state index in [0.717, 1.165) is 43.2 Å². The van der Waals surface area contributed by atoms with E-state index in [1.165, 1.54) is 29.7 Å². The number of benzene rings is 2. The van der Waals surface area contributed by atoms with Gasteiger partial charge in [0.15, 0.2) is 5.69 Å². The highest BCUT2D eigenvalue weighted by atomic mass is 32.1. The number of carbonyl (C=O) groups is 1. The summed E-state index contributed by atoms with van der Waals surface area (Å²) in [5.41, 5.74) is 5.57. The van der Waals surface area contributed by atoms with E-state index in [-0.39, 0.29) is 11.8 Å². The van der Waals surface area contributed by atoms with Gasteiger partial charge < -0.3 is 5.32 Å². The fourth-order valence-electron chi connectivity index (χ4n) is 5.19. The Hall–Kier alpha value is -3.29. The van der Waals surface area contributed by atoms with Gasteiger partial charge in [0.2, 0.25) is 0 Å². The Morgan fingerprint density at radius 1 is 1.06 bits per heavy atom. The third-order valence-electron chi connectivity index (χ3n) is 7.28. The second kappa shape index (κ2) is 10.4. The van der Waals surface area contributed by atoms with E-state index in [9.17, 15) is 4.79 Å². The van der Waals surface area contributed by atoms with Crippen molar-refractivity contribution < 1.29 is 4.79 Å². The molecule has 1 aliphatic heterocycles. The minimum absolute atomic E-state index is 0.0967. The number of hydrogen-bond donors (Lipinski definition) is 1. The molecular weight excluding hydrogens is 466 g/mol. The predicted octanol–water partition coefficient (Wildman–Crippen LogP) is 4.87. The number of thiazole rings is 1. The van der Waals surface area contributed by atoms with Gasteiger partial charge in [-0.3, -0.25) is 14.4 Å². The van der Waals surface area contributed by atoms with E-state index in [1.807, 2.05) is 5.38 Å². The number of nitrogens with zero attached hydrogens (tertiary/aromatic N) is 4. The number of amides is 1. The molecular formula is C29H31N5OS. The fourth-order valence-corrected chi connectivity index (χ4v) is 5.75. The van der Waals surface area contributed by atoms with Gasteiger partial charge in [-0.05, 0) is 29.9 Å². The van der Waals surface area contributed by atoms with Crippen molar-refractivity contribution in [2.45, 2.75) is 44.8 Å². The van der Waals surface area contributed by atoms with Crippen LogP contribution in [0.2, 0.25) is 0 Å². The molecule has 0 radical (unpaired) electrons.